The molecule has 0 saturated carbocycles. The van der Waals surface area contributed by atoms with Crippen molar-refractivity contribution < 1.29 is 4.74 Å². The lowest BCUT2D eigenvalue weighted by molar-refractivity contribution is 0.245. The van der Waals surface area contributed by atoms with Gasteiger partial charge in [0.05, 0.1) is 6.04 Å². The van der Waals surface area contributed by atoms with E-state index in [0.717, 1.165) is 25.5 Å². The molecule has 1 unspecified atom stereocenters. The Morgan fingerprint density at radius 3 is 3.60 bits per heavy atom. The summed E-state index contributed by atoms with van der Waals surface area (Å²) in [6.45, 7) is 1.70. The van der Waals surface area contributed by atoms with Crippen molar-refractivity contribution in [2.45, 2.75) is 12.5 Å². The molecule has 1 atom stereocenters. The van der Waals surface area contributed by atoms with Crippen molar-refractivity contribution in [3.05, 3.63) is 12.3 Å². The van der Waals surface area contributed by atoms with Crippen LogP contribution in [0.25, 0.3) is 0 Å². The Labute approximate surface area is 59.8 Å². The molecule has 2 aliphatic heterocycles. The third kappa shape index (κ3) is 0.926. The molecule has 10 heavy (non-hydrogen) atoms. The first kappa shape index (κ1) is 5.92. The maximum absolute atomic E-state index is 5.32. The van der Waals surface area contributed by atoms with E-state index in [9.17, 15) is 0 Å². The number of ether oxygens (including phenoxy) is 1. The standard InChI is InChI=1S/C7H10N2O/c1-2-6-7(9-3-1)10-5-4-8-6/h1,3,6,8H,2,4-5H2. The highest BCUT2D eigenvalue weighted by atomic mass is 16.5. The van der Waals surface area contributed by atoms with Crippen LogP contribution in [0, 0.1) is 0 Å². The van der Waals surface area contributed by atoms with Crippen LogP contribution >= 0.6 is 0 Å². The summed E-state index contributed by atoms with van der Waals surface area (Å²) in [5, 5.41) is 3.31. The van der Waals surface area contributed by atoms with Crippen LogP contribution in [0.1, 0.15) is 6.42 Å². The van der Waals surface area contributed by atoms with E-state index < -0.39 is 0 Å². The molecule has 1 saturated heterocycles. The van der Waals surface area contributed by atoms with Crippen LogP contribution in [0.3, 0.4) is 0 Å². The van der Waals surface area contributed by atoms with Gasteiger partial charge in [-0.25, -0.2) is 4.99 Å². The van der Waals surface area contributed by atoms with Crippen molar-refractivity contribution in [2.24, 2.45) is 4.99 Å². The monoisotopic (exact) mass is 138 g/mol. The van der Waals surface area contributed by atoms with Crippen LogP contribution < -0.4 is 5.32 Å². The zero-order valence-electron chi connectivity index (χ0n) is 5.71. The van der Waals surface area contributed by atoms with Gasteiger partial charge in [0.25, 0.3) is 0 Å². The van der Waals surface area contributed by atoms with E-state index in [1.165, 1.54) is 0 Å². The van der Waals surface area contributed by atoms with Crippen LogP contribution in [-0.4, -0.2) is 25.1 Å². The first-order valence-electron chi connectivity index (χ1n) is 3.56. The van der Waals surface area contributed by atoms with Gasteiger partial charge in [0, 0.05) is 12.7 Å². The quantitative estimate of drug-likeness (QED) is 0.522. The van der Waals surface area contributed by atoms with Gasteiger partial charge in [-0.2, -0.15) is 0 Å². The van der Waals surface area contributed by atoms with Gasteiger partial charge in [-0.3, -0.25) is 0 Å². The molecule has 0 aromatic carbocycles. The molecule has 1 N–H and O–H groups in total. The van der Waals surface area contributed by atoms with Gasteiger partial charge in [-0.1, -0.05) is 6.08 Å². The van der Waals surface area contributed by atoms with Crippen LogP contribution in [0.2, 0.25) is 0 Å². The predicted molar refractivity (Wildman–Crippen MR) is 38.9 cm³/mol. The van der Waals surface area contributed by atoms with Gasteiger partial charge in [0.2, 0.25) is 5.90 Å². The summed E-state index contributed by atoms with van der Waals surface area (Å²) < 4.78 is 5.32. The number of nitrogens with one attached hydrogen (secondary N) is 1. The number of hydrogen-bond donors (Lipinski definition) is 1. The number of hydrogen-bond acceptors (Lipinski definition) is 3. The van der Waals surface area contributed by atoms with Crippen molar-refractivity contribution >= 4 is 5.90 Å². The number of rotatable bonds is 0. The molecule has 2 rings (SSSR count). The van der Waals surface area contributed by atoms with E-state index in [2.05, 4.69) is 16.4 Å². The minimum Gasteiger partial charge on any atom is -0.478 e. The molecule has 0 amide bonds. The van der Waals surface area contributed by atoms with E-state index in [1.807, 2.05) is 0 Å². The van der Waals surface area contributed by atoms with Crippen LogP contribution in [0.5, 0.6) is 0 Å². The Balaban J connectivity index is 2.14. The third-order valence-corrected chi connectivity index (χ3v) is 1.72. The zero-order valence-corrected chi connectivity index (χ0v) is 5.71. The lowest BCUT2D eigenvalue weighted by atomic mass is 10.1. The van der Waals surface area contributed by atoms with Crippen LogP contribution in [0.4, 0.5) is 0 Å². The molecule has 1 fully saturated rings. The van der Waals surface area contributed by atoms with Gasteiger partial charge in [0.15, 0.2) is 0 Å². The molecule has 0 aromatic rings. The van der Waals surface area contributed by atoms with E-state index in [-0.39, 0.29) is 0 Å². The molecule has 2 heterocycles. The topological polar surface area (TPSA) is 33.6 Å². The summed E-state index contributed by atoms with van der Waals surface area (Å²) in [6.07, 6.45) is 4.87. The van der Waals surface area contributed by atoms with E-state index in [1.54, 1.807) is 6.20 Å². The van der Waals surface area contributed by atoms with E-state index >= 15 is 0 Å². The molecule has 0 radical (unpaired) electrons. The SMILES string of the molecule is C1=CN=C2OCCNC2C1. The molecule has 0 aliphatic carbocycles. The fraction of sp³-hybridized carbons (Fsp3) is 0.571. The second kappa shape index (κ2) is 2.42. The first-order valence-corrected chi connectivity index (χ1v) is 3.56. The second-order valence-electron chi connectivity index (χ2n) is 2.44. The van der Waals surface area contributed by atoms with E-state index in [4.69, 9.17) is 4.74 Å². The lowest BCUT2D eigenvalue weighted by Gasteiger charge is -2.26. The summed E-state index contributed by atoms with van der Waals surface area (Å²) >= 11 is 0. The highest BCUT2D eigenvalue weighted by molar-refractivity contribution is 5.83. The Hall–Kier alpha value is -0.830. The van der Waals surface area contributed by atoms with Crippen molar-refractivity contribution in [3.63, 3.8) is 0 Å². The zero-order chi connectivity index (χ0) is 6.81. The smallest absolute Gasteiger partial charge is 0.205 e. The lowest BCUT2D eigenvalue weighted by Crippen LogP contribution is -2.45. The van der Waals surface area contributed by atoms with Crippen LogP contribution in [-0.2, 0) is 4.74 Å². The first-order chi connectivity index (χ1) is 4.97. The molecule has 54 valence electrons. The number of fused-ring (bicyclic) bond motifs is 1. The minimum absolute atomic E-state index is 0.346. The average molecular weight is 138 g/mol. The third-order valence-electron chi connectivity index (χ3n) is 1.72. The Morgan fingerprint density at radius 2 is 2.70 bits per heavy atom. The average Bonchev–Trinajstić information content (AvgIpc) is 2.05. The van der Waals surface area contributed by atoms with Crippen molar-refractivity contribution in [3.8, 4) is 0 Å². The Kier molecular flexibility index (Phi) is 1.43. The van der Waals surface area contributed by atoms with Crippen molar-refractivity contribution in [2.75, 3.05) is 13.2 Å². The van der Waals surface area contributed by atoms with Gasteiger partial charge >= 0.3 is 0 Å². The Morgan fingerprint density at radius 1 is 1.70 bits per heavy atom. The summed E-state index contributed by atoms with van der Waals surface area (Å²) in [5.74, 6) is 0.855. The van der Waals surface area contributed by atoms with Crippen molar-refractivity contribution in [1.82, 2.24) is 5.32 Å². The largest absolute Gasteiger partial charge is 0.478 e. The van der Waals surface area contributed by atoms with Gasteiger partial charge in [0.1, 0.15) is 6.61 Å². The highest BCUT2D eigenvalue weighted by Gasteiger charge is 2.21. The molecule has 0 spiro atoms. The molecule has 3 nitrogen and oxygen atoms in total. The summed E-state index contributed by atoms with van der Waals surface area (Å²) in [6, 6.07) is 0.346. The molecule has 3 heteroatoms. The normalized spacial score (nSPS) is 30.4. The second-order valence-corrected chi connectivity index (χ2v) is 2.44. The molecule has 2 aliphatic rings. The van der Waals surface area contributed by atoms with Gasteiger partial charge < -0.3 is 10.1 Å². The number of aliphatic imine (C=N–C) groups is 1. The summed E-state index contributed by atoms with van der Waals surface area (Å²) in [4.78, 5) is 4.10. The predicted octanol–water partition coefficient (Wildman–Crippen LogP) is 0.291. The highest BCUT2D eigenvalue weighted by Crippen LogP contribution is 2.08. The Bertz CT molecular complexity index is 186. The van der Waals surface area contributed by atoms with Gasteiger partial charge in [-0.05, 0) is 6.42 Å². The number of nitrogens with zero attached hydrogens (tertiary/aromatic N) is 1. The fourth-order valence-electron chi connectivity index (χ4n) is 1.21. The number of morpholine rings is 1. The van der Waals surface area contributed by atoms with Crippen molar-refractivity contribution in [1.29, 1.82) is 0 Å². The van der Waals surface area contributed by atoms with Gasteiger partial charge in [-0.15, -0.1) is 0 Å². The summed E-state index contributed by atoms with van der Waals surface area (Å²) in [5.41, 5.74) is 0. The molecular weight excluding hydrogens is 128 g/mol. The van der Waals surface area contributed by atoms with Crippen LogP contribution in [0.15, 0.2) is 17.3 Å². The molecule has 0 aromatic heterocycles. The minimum atomic E-state index is 0.346. The van der Waals surface area contributed by atoms with E-state index in [0.29, 0.717) is 6.04 Å². The summed E-state index contributed by atoms with van der Waals surface area (Å²) in [7, 11) is 0. The maximum atomic E-state index is 5.32. The fourth-order valence-corrected chi connectivity index (χ4v) is 1.21. The molecule has 0 bridgehead atoms. The molecular formula is C7H10N2O. The maximum Gasteiger partial charge on any atom is 0.205 e.